The first-order valence-electron chi connectivity index (χ1n) is 8.54. The van der Waals surface area contributed by atoms with Gasteiger partial charge >= 0.3 is 5.97 Å². The summed E-state index contributed by atoms with van der Waals surface area (Å²) in [5.74, 6) is -0.658. The maximum absolute atomic E-state index is 10.5. The van der Waals surface area contributed by atoms with Crippen LogP contribution in [-0.2, 0) is 14.3 Å². The van der Waals surface area contributed by atoms with E-state index < -0.39 is 18.6 Å². The van der Waals surface area contributed by atoms with Crippen molar-refractivity contribution < 1.29 is 19.4 Å². The fourth-order valence-corrected chi connectivity index (χ4v) is 2.76. The molecule has 0 fully saturated rings. The van der Waals surface area contributed by atoms with Crippen LogP contribution < -0.4 is 5.32 Å². The molecule has 0 unspecified atom stereocenters. The molecule has 3 aromatic carbocycles. The third-order valence-electron chi connectivity index (χ3n) is 4.16. The largest absolute Gasteiger partial charge is 0.467 e. The number of rotatable bonds is 5. The molecule has 27 heavy (non-hydrogen) atoms. The minimum atomic E-state index is -0.942. The number of hydrogen-bond donors (Lipinski definition) is 2. The van der Waals surface area contributed by atoms with Crippen LogP contribution in [0.4, 0.5) is 0 Å². The molecule has 0 saturated carbocycles. The van der Waals surface area contributed by atoms with Gasteiger partial charge < -0.3 is 15.2 Å². The standard InChI is InChI=1S/C17H14.C5H9NO4/c1-13-7-2-4-10-15(13)17-12-6-9-14-8-3-5-11-16(14)17;1-10-5(9)4(2-7)6-3-8/h2-12H,1H3;3-4,7H,2H2,1H3,(H,6,8)/t;4-/m.0/s1. The maximum atomic E-state index is 10.5. The average molecular weight is 365 g/mol. The Bertz CT molecular complexity index is 902. The normalized spacial score (nSPS) is 11.1. The lowest BCUT2D eigenvalue weighted by Gasteiger charge is -2.09. The third-order valence-corrected chi connectivity index (χ3v) is 4.16. The maximum Gasteiger partial charge on any atom is 0.330 e. The van der Waals surface area contributed by atoms with Gasteiger partial charge in [-0.05, 0) is 34.4 Å². The molecular weight excluding hydrogens is 342 g/mol. The lowest BCUT2D eigenvalue weighted by atomic mass is 9.95. The quantitative estimate of drug-likeness (QED) is 0.538. The number of nitrogens with one attached hydrogen (secondary N) is 1. The zero-order valence-corrected chi connectivity index (χ0v) is 15.4. The van der Waals surface area contributed by atoms with Crippen molar-refractivity contribution in [3.05, 3.63) is 72.3 Å². The highest BCUT2D eigenvalue weighted by atomic mass is 16.5. The van der Waals surface area contributed by atoms with Gasteiger partial charge in [-0.3, -0.25) is 4.79 Å². The Hall–Kier alpha value is -3.18. The molecule has 0 heterocycles. The summed E-state index contributed by atoms with van der Waals surface area (Å²) in [6, 6.07) is 22.6. The topological polar surface area (TPSA) is 75.6 Å². The van der Waals surface area contributed by atoms with Crippen LogP contribution in [0.3, 0.4) is 0 Å². The van der Waals surface area contributed by atoms with E-state index in [4.69, 9.17) is 5.11 Å². The van der Waals surface area contributed by atoms with E-state index in [1.807, 2.05) is 0 Å². The number of aliphatic hydroxyl groups excluding tert-OH is 1. The van der Waals surface area contributed by atoms with Crippen molar-refractivity contribution in [1.29, 1.82) is 0 Å². The number of carbonyl (C=O) groups excluding carboxylic acids is 2. The Morgan fingerprint density at radius 1 is 1.04 bits per heavy atom. The van der Waals surface area contributed by atoms with E-state index in [9.17, 15) is 9.59 Å². The molecule has 5 heteroatoms. The van der Waals surface area contributed by atoms with Crippen LogP contribution in [-0.4, -0.2) is 37.2 Å². The number of methoxy groups -OCH3 is 1. The number of aryl methyl sites for hydroxylation is 1. The SMILES string of the molecule is COC(=O)[C@H](CO)NC=O.Cc1ccccc1-c1cccc2ccccc12. The van der Waals surface area contributed by atoms with Crippen LogP contribution in [0.5, 0.6) is 0 Å². The molecule has 0 bridgehead atoms. The second-order valence-electron chi connectivity index (χ2n) is 5.88. The van der Waals surface area contributed by atoms with Crippen molar-refractivity contribution in [1.82, 2.24) is 5.32 Å². The Balaban J connectivity index is 0.000000227. The summed E-state index contributed by atoms with van der Waals surface area (Å²) in [6.45, 7) is 1.71. The van der Waals surface area contributed by atoms with Gasteiger partial charge in [-0.25, -0.2) is 4.79 Å². The third kappa shape index (κ3) is 5.15. The van der Waals surface area contributed by atoms with Gasteiger partial charge in [0, 0.05) is 0 Å². The summed E-state index contributed by atoms with van der Waals surface area (Å²) in [7, 11) is 1.18. The number of fused-ring (bicyclic) bond motifs is 1. The first kappa shape index (κ1) is 20.1. The molecule has 140 valence electrons. The highest BCUT2D eigenvalue weighted by Crippen LogP contribution is 2.30. The number of amides is 1. The first-order chi connectivity index (χ1) is 13.1. The molecule has 3 rings (SSSR count). The highest BCUT2D eigenvalue weighted by Gasteiger charge is 2.15. The van der Waals surface area contributed by atoms with Crippen LogP contribution >= 0.6 is 0 Å². The summed E-state index contributed by atoms with van der Waals surface area (Å²) in [5, 5.41) is 13.1. The molecule has 1 amide bonds. The fraction of sp³-hybridized carbons (Fsp3) is 0.182. The number of esters is 1. The fourth-order valence-electron chi connectivity index (χ4n) is 2.76. The zero-order chi connectivity index (χ0) is 19.6. The van der Waals surface area contributed by atoms with Crippen molar-refractivity contribution >= 4 is 23.2 Å². The van der Waals surface area contributed by atoms with Gasteiger partial charge in [0.05, 0.1) is 13.7 Å². The molecule has 0 aromatic heterocycles. The molecule has 5 nitrogen and oxygen atoms in total. The van der Waals surface area contributed by atoms with Crippen molar-refractivity contribution in [2.75, 3.05) is 13.7 Å². The van der Waals surface area contributed by atoms with Gasteiger partial charge in [0.25, 0.3) is 0 Å². The summed E-state index contributed by atoms with van der Waals surface area (Å²) in [4.78, 5) is 20.3. The highest BCUT2D eigenvalue weighted by molar-refractivity contribution is 5.97. The Kier molecular flexibility index (Phi) is 7.52. The lowest BCUT2D eigenvalue weighted by molar-refractivity contribution is -0.145. The minimum Gasteiger partial charge on any atom is -0.467 e. The van der Waals surface area contributed by atoms with E-state index in [0.717, 1.165) is 0 Å². The average Bonchev–Trinajstić information content (AvgIpc) is 2.72. The lowest BCUT2D eigenvalue weighted by Crippen LogP contribution is -2.39. The van der Waals surface area contributed by atoms with Gasteiger partial charge in [-0.1, -0.05) is 66.7 Å². The summed E-state index contributed by atoms with van der Waals surface area (Å²) in [6.07, 6.45) is 0.331. The Labute approximate surface area is 158 Å². The van der Waals surface area contributed by atoms with Gasteiger partial charge in [-0.2, -0.15) is 0 Å². The molecule has 0 saturated heterocycles. The second-order valence-corrected chi connectivity index (χ2v) is 5.88. The first-order valence-corrected chi connectivity index (χ1v) is 8.54. The van der Waals surface area contributed by atoms with Crippen molar-refractivity contribution in [3.63, 3.8) is 0 Å². The molecule has 0 spiro atoms. The molecule has 0 aliphatic rings. The molecule has 0 radical (unpaired) electrons. The number of aliphatic hydroxyl groups is 1. The molecular formula is C22H23NO4. The molecule has 3 aromatic rings. The van der Waals surface area contributed by atoms with Crippen molar-refractivity contribution in [2.24, 2.45) is 0 Å². The smallest absolute Gasteiger partial charge is 0.330 e. The predicted molar refractivity (Wildman–Crippen MR) is 106 cm³/mol. The van der Waals surface area contributed by atoms with E-state index in [2.05, 4.69) is 83.7 Å². The van der Waals surface area contributed by atoms with Crippen LogP contribution in [0.2, 0.25) is 0 Å². The number of hydrogen-bond acceptors (Lipinski definition) is 4. The molecule has 0 aliphatic heterocycles. The number of ether oxygens (including phenoxy) is 1. The summed E-state index contributed by atoms with van der Waals surface area (Å²) < 4.78 is 4.24. The molecule has 2 N–H and O–H groups in total. The van der Waals surface area contributed by atoms with E-state index in [0.29, 0.717) is 6.41 Å². The molecule has 1 atom stereocenters. The van der Waals surface area contributed by atoms with Crippen LogP contribution in [0.1, 0.15) is 5.56 Å². The monoisotopic (exact) mass is 365 g/mol. The van der Waals surface area contributed by atoms with Crippen LogP contribution in [0.25, 0.3) is 21.9 Å². The van der Waals surface area contributed by atoms with Gasteiger partial charge in [-0.15, -0.1) is 0 Å². The van der Waals surface area contributed by atoms with Crippen LogP contribution in [0.15, 0.2) is 66.7 Å². The predicted octanol–water partition coefficient (Wildman–Crippen LogP) is 3.08. The van der Waals surface area contributed by atoms with Crippen molar-refractivity contribution in [3.8, 4) is 11.1 Å². The summed E-state index contributed by atoms with van der Waals surface area (Å²) >= 11 is 0. The number of benzene rings is 3. The molecule has 0 aliphatic carbocycles. The Morgan fingerprint density at radius 3 is 2.33 bits per heavy atom. The Morgan fingerprint density at radius 2 is 1.67 bits per heavy atom. The van der Waals surface area contributed by atoms with Crippen molar-refractivity contribution in [2.45, 2.75) is 13.0 Å². The minimum absolute atomic E-state index is 0.331. The van der Waals surface area contributed by atoms with E-state index in [1.54, 1.807) is 0 Å². The van der Waals surface area contributed by atoms with Gasteiger partial charge in [0.1, 0.15) is 6.04 Å². The van der Waals surface area contributed by atoms with E-state index in [-0.39, 0.29) is 0 Å². The zero-order valence-electron chi connectivity index (χ0n) is 15.4. The van der Waals surface area contributed by atoms with Gasteiger partial charge in [0.2, 0.25) is 6.41 Å². The number of carbonyl (C=O) groups is 2. The van der Waals surface area contributed by atoms with E-state index >= 15 is 0 Å². The van der Waals surface area contributed by atoms with Crippen LogP contribution in [0, 0.1) is 6.92 Å². The second kappa shape index (κ2) is 10.1. The summed E-state index contributed by atoms with van der Waals surface area (Å²) in [5.41, 5.74) is 3.97. The van der Waals surface area contributed by atoms with E-state index in [1.165, 1.54) is 34.6 Å². The van der Waals surface area contributed by atoms with Gasteiger partial charge in [0.15, 0.2) is 0 Å².